The monoisotopic (exact) mass is 463 g/mol. The zero-order valence-electron chi connectivity index (χ0n) is 18.3. The average molecular weight is 464 g/mol. The SMILES string of the molecule is COc1ccc2[nH]c3c(c2c1)CCN(C(=O)Nc1cc(Cl)ccc1C)[C@@H]3c1ccc(F)cc1. The van der Waals surface area contributed by atoms with Gasteiger partial charge >= 0.3 is 6.03 Å². The first-order valence-electron chi connectivity index (χ1n) is 10.7. The van der Waals surface area contributed by atoms with E-state index in [1.807, 2.05) is 31.2 Å². The minimum Gasteiger partial charge on any atom is -0.497 e. The first kappa shape index (κ1) is 21.3. The minimum absolute atomic E-state index is 0.239. The van der Waals surface area contributed by atoms with E-state index >= 15 is 0 Å². The molecule has 1 aliphatic rings. The van der Waals surface area contributed by atoms with E-state index in [4.69, 9.17) is 16.3 Å². The van der Waals surface area contributed by atoms with Crippen molar-refractivity contribution < 1.29 is 13.9 Å². The number of benzene rings is 3. The van der Waals surface area contributed by atoms with Crippen LogP contribution in [-0.2, 0) is 6.42 Å². The fourth-order valence-corrected chi connectivity index (χ4v) is 4.69. The molecule has 0 spiro atoms. The van der Waals surface area contributed by atoms with Crippen molar-refractivity contribution in [2.24, 2.45) is 0 Å². The summed E-state index contributed by atoms with van der Waals surface area (Å²) in [4.78, 5) is 18.8. The van der Waals surface area contributed by atoms with E-state index in [0.29, 0.717) is 23.7 Å². The molecule has 0 fully saturated rings. The highest BCUT2D eigenvalue weighted by Gasteiger charge is 2.35. The van der Waals surface area contributed by atoms with Crippen LogP contribution in [0.4, 0.5) is 14.9 Å². The lowest BCUT2D eigenvalue weighted by molar-refractivity contribution is 0.193. The van der Waals surface area contributed by atoms with E-state index in [2.05, 4.69) is 10.3 Å². The van der Waals surface area contributed by atoms with Crippen LogP contribution in [0.3, 0.4) is 0 Å². The summed E-state index contributed by atoms with van der Waals surface area (Å²) in [6, 6.07) is 17.0. The number of hydrogen-bond acceptors (Lipinski definition) is 2. The Bertz CT molecular complexity index is 1350. The van der Waals surface area contributed by atoms with Gasteiger partial charge in [-0.15, -0.1) is 0 Å². The van der Waals surface area contributed by atoms with Gasteiger partial charge in [0.2, 0.25) is 0 Å². The third-order valence-electron chi connectivity index (χ3n) is 6.22. The van der Waals surface area contributed by atoms with Crippen LogP contribution in [0.25, 0.3) is 10.9 Å². The molecule has 168 valence electrons. The smallest absolute Gasteiger partial charge is 0.322 e. The largest absolute Gasteiger partial charge is 0.497 e. The molecule has 4 aromatic rings. The Balaban J connectivity index is 1.59. The quantitative estimate of drug-likeness (QED) is 0.366. The van der Waals surface area contributed by atoms with Crippen LogP contribution in [-0.4, -0.2) is 29.6 Å². The molecule has 1 atom stereocenters. The lowest BCUT2D eigenvalue weighted by atomic mass is 9.92. The van der Waals surface area contributed by atoms with Crippen LogP contribution in [0, 0.1) is 12.7 Å². The number of ether oxygens (including phenoxy) is 1. The molecule has 0 saturated carbocycles. The van der Waals surface area contributed by atoms with E-state index in [1.165, 1.54) is 12.1 Å². The number of aromatic amines is 1. The van der Waals surface area contributed by atoms with Crippen molar-refractivity contribution >= 4 is 34.2 Å². The van der Waals surface area contributed by atoms with Crippen LogP contribution < -0.4 is 10.1 Å². The highest BCUT2D eigenvalue weighted by Crippen LogP contribution is 2.39. The number of halogens is 2. The Labute approximate surface area is 196 Å². The van der Waals surface area contributed by atoms with Crippen LogP contribution in [0.5, 0.6) is 5.75 Å². The number of carbonyl (C=O) groups is 1. The van der Waals surface area contributed by atoms with Crippen molar-refractivity contribution in [2.75, 3.05) is 19.0 Å². The summed E-state index contributed by atoms with van der Waals surface area (Å²) in [5.74, 6) is 0.459. The fourth-order valence-electron chi connectivity index (χ4n) is 4.52. The molecule has 2 N–H and O–H groups in total. The second-order valence-corrected chi connectivity index (χ2v) is 8.65. The van der Waals surface area contributed by atoms with Gasteiger partial charge in [-0.25, -0.2) is 9.18 Å². The molecule has 1 aliphatic heterocycles. The highest BCUT2D eigenvalue weighted by atomic mass is 35.5. The van der Waals surface area contributed by atoms with Gasteiger partial charge in [0.15, 0.2) is 0 Å². The number of H-pyrrole nitrogens is 1. The molecule has 3 aromatic carbocycles. The zero-order valence-corrected chi connectivity index (χ0v) is 19.0. The lowest BCUT2D eigenvalue weighted by Gasteiger charge is -2.36. The van der Waals surface area contributed by atoms with Gasteiger partial charge < -0.3 is 19.9 Å². The molecule has 5 rings (SSSR count). The molecular formula is C26H23ClFN3O2. The molecule has 0 unspecified atom stereocenters. The second kappa shape index (κ2) is 8.45. The molecule has 33 heavy (non-hydrogen) atoms. The van der Waals surface area contributed by atoms with Gasteiger partial charge in [0.25, 0.3) is 0 Å². The number of fused-ring (bicyclic) bond motifs is 3. The summed E-state index contributed by atoms with van der Waals surface area (Å²) in [5.41, 5.74) is 5.45. The van der Waals surface area contributed by atoms with E-state index in [1.54, 1.807) is 36.3 Å². The number of nitrogens with one attached hydrogen (secondary N) is 2. The Morgan fingerprint density at radius 2 is 1.94 bits per heavy atom. The molecular weight excluding hydrogens is 441 g/mol. The number of rotatable bonds is 3. The normalized spacial score (nSPS) is 15.4. The maximum absolute atomic E-state index is 13.7. The van der Waals surface area contributed by atoms with Crippen LogP contribution in [0.1, 0.15) is 28.4 Å². The first-order chi connectivity index (χ1) is 15.9. The molecule has 2 heterocycles. The van der Waals surface area contributed by atoms with Gasteiger partial charge in [0.1, 0.15) is 11.6 Å². The predicted molar refractivity (Wildman–Crippen MR) is 129 cm³/mol. The third-order valence-corrected chi connectivity index (χ3v) is 6.46. The zero-order chi connectivity index (χ0) is 23.1. The van der Waals surface area contributed by atoms with Gasteiger partial charge in [-0.2, -0.15) is 0 Å². The number of amides is 2. The van der Waals surface area contributed by atoms with Gasteiger partial charge in [0, 0.05) is 33.9 Å². The van der Waals surface area contributed by atoms with Gasteiger partial charge in [0.05, 0.1) is 13.2 Å². The number of anilines is 1. The first-order valence-corrected chi connectivity index (χ1v) is 11.1. The summed E-state index contributed by atoms with van der Waals surface area (Å²) in [7, 11) is 1.64. The maximum Gasteiger partial charge on any atom is 0.322 e. The molecule has 2 amide bonds. The highest BCUT2D eigenvalue weighted by molar-refractivity contribution is 6.31. The molecule has 0 aliphatic carbocycles. The summed E-state index contributed by atoms with van der Waals surface area (Å²) in [6.07, 6.45) is 0.683. The second-order valence-electron chi connectivity index (χ2n) is 8.22. The van der Waals surface area contributed by atoms with Gasteiger partial charge in [-0.1, -0.05) is 29.8 Å². The Morgan fingerprint density at radius 1 is 1.15 bits per heavy atom. The number of carbonyl (C=O) groups excluding carboxylic acids is 1. The summed E-state index contributed by atoms with van der Waals surface area (Å²) in [5, 5.41) is 4.63. The summed E-state index contributed by atoms with van der Waals surface area (Å²) >= 11 is 6.15. The number of hydrogen-bond donors (Lipinski definition) is 2. The standard InChI is InChI=1S/C26H23ClFN3O2/c1-15-3-6-17(27)13-23(15)30-26(32)31-12-11-20-21-14-19(33-2)9-10-22(21)29-24(20)25(31)16-4-7-18(28)8-5-16/h3-10,13-14,25,29H,11-12H2,1-2H3,(H,30,32)/t25-/m1/s1. The van der Waals surface area contributed by atoms with Crippen molar-refractivity contribution in [1.29, 1.82) is 0 Å². The molecule has 0 saturated heterocycles. The van der Waals surface area contributed by atoms with Crippen LogP contribution in [0.15, 0.2) is 60.7 Å². The Hall–Kier alpha value is -3.51. The Morgan fingerprint density at radius 3 is 2.70 bits per heavy atom. The van der Waals surface area contributed by atoms with E-state index < -0.39 is 6.04 Å². The molecule has 0 radical (unpaired) electrons. The Kier molecular flexibility index (Phi) is 5.46. The van der Waals surface area contributed by atoms with E-state index in [0.717, 1.165) is 39.0 Å². The van der Waals surface area contributed by atoms with Crippen molar-refractivity contribution in [3.05, 3.63) is 93.9 Å². The van der Waals surface area contributed by atoms with Gasteiger partial charge in [-0.3, -0.25) is 0 Å². The molecule has 7 heteroatoms. The topological polar surface area (TPSA) is 57.4 Å². The fraction of sp³-hybridized carbons (Fsp3) is 0.192. The van der Waals surface area contributed by atoms with Gasteiger partial charge in [-0.05, 0) is 72.5 Å². The average Bonchev–Trinajstić information content (AvgIpc) is 3.19. The lowest BCUT2D eigenvalue weighted by Crippen LogP contribution is -2.43. The summed E-state index contributed by atoms with van der Waals surface area (Å²) in [6.45, 7) is 2.42. The predicted octanol–water partition coefficient (Wildman–Crippen LogP) is 6.46. The number of nitrogens with zero attached hydrogens (tertiary/aromatic N) is 1. The summed E-state index contributed by atoms with van der Waals surface area (Å²) < 4.78 is 19.1. The van der Waals surface area contributed by atoms with Crippen molar-refractivity contribution in [2.45, 2.75) is 19.4 Å². The van der Waals surface area contributed by atoms with E-state index in [-0.39, 0.29) is 11.8 Å². The van der Waals surface area contributed by atoms with Crippen molar-refractivity contribution in [3.63, 3.8) is 0 Å². The maximum atomic E-state index is 13.7. The third kappa shape index (κ3) is 3.91. The number of urea groups is 1. The number of aromatic nitrogens is 1. The molecule has 1 aromatic heterocycles. The number of methoxy groups -OCH3 is 1. The van der Waals surface area contributed by atoms with Crippen LogP contribution in [0.2, 0.25) is 5.02 Å². The van der Waals surface area contributed by atoms with Crippen molar-refractivity contribution in [3.8, 4) is 5.75 Å². The van der Waals surface area contributed by atoms with E-state index in [9.17, 15) is 9.18 Å². The molecule has 5 nitrogen and oxygen atoms in total. The van der Waals surface area contributed by atoms with Crippen LogP contribution >= 0.6 is 11.6 Å². The molecule has 0 bridgehead atoms. The number of aryl methyl sites for hydroxylation is 1. The minimum atomic E-state index is -0.396. The van der Waals surface area contributed by atoms with Crippen molar-refractivity contribution in [1.82, 2.24) is 9.88 Å².